The monoisotopic (exact) mass is 167 g/mol. The highest BCUT2D eigenvalue weighted by Crippen LogP contribution is 2.45. The van der Waals surface area contributed by atoms with Gasteiger partial charge in [-0.15, -0.1) is 0 Å². The van der Waals surface area contributed by atoms with E-state index in [1.54, 1.807) is 0 Å². The van der Waals surface area contributed by atoms with Crippen LogP contribution in [0.1, 0.15) is 33.1 Å². The molecule has 1 heterocycles. The van der Waals surface area contributed by atoms with Crippen molar-refractivity contribution in [2.45, 2.75) is 39.2 Å². The molecule has 0 aromatic heterocycles. The predicted octanol–water partition coefficient (Wildman–Crippen LogP) is 2.37. The van der Waals surface area contributed by atoms with Crippen molar-refractivity contribution < 1.29 is 0 Å². The van der Waals surface area contributed by atoms with Crippen LogP contribution in [-0.2, 0) is 0 Å². The summed E-state index contributed by atoms with van der Waals surface area (Å²) in [5, 5.41) is 0. The Kier molecular flexibility index (Phi) is 2.16. The van der Waals surface area contributed by atoms with Crippen LogP contribution >= 0.6 is 0 Å². The molecule has 1 heteroatoms. The third-order valence-electron chi connectivity index (χ3n) is 3.67. The van der Waals surface area contributed by atoms with Gasteiger partial charge in [0.15, 0.2) is 0 Å². The van der Waals surface area contributed by atoms with E-state index in [4.69, 9.17) is 0 Å². The van der Waals surface area contributed by atoms with Gasteiger partial charge in [-0.1, -0.05) is 13.8 Å². The van der Waals surface area contributed by atoms with Crippen LogP contribution in [-0.4, -0.2) is 24.5 Å². The summed E-state index contributed by atoms with van der Waals surface area (Å²) in [6.07, 6.45) is 4.49. The number of hydrogen-bond acceptors (Lipinski definition) is 1. The van der Waals surface area contributed by atoms with E-state index >= 15 is 0 Å². The molecule has 12 heavy (non-hydrogen) atoms. The second-order valence-electron chi connectivity index (χ2n) is 5.01. The molecule has 2 fully saturated rings. The van der Waals surface area contributed by atoms with Crippen molar-refractivity contribution in [1.82, 2.24) is 4.90 Å². The molecule has 1 saturated carbocycles. The van der Waals surface area contributed by atoms with Crippen molar-refractivity contribution in [3.63, 3.8) is 0 Å². The van der Waals surface area contributed by atoms with Crippen molar-refractivity contribution in [2.75, 3.05) is 13.6 Å². The van der Waals surface area contributed by atoms with Gasteiger partial charge in [-0.05, 0) is 50.6 Å². The summed E-state index contributed by atoms with van der Waals surface area (Å²) >= 11 is 0. The molecule has 0 amide bonds. The van der Waals surface area contributed by atoms with Crippen molar-refractivity contribution in [3.8, 4) is 0 Å². The van der Waals surface area contributed by atoms with E-state index in [1.165, 1.54) is 25.8 Å². The van der Waals surface area contributed by atoms with Gasteiger partial charge >= 0.3 is 0 Å². The fraction of sp³-hybridized carbons (Fsp3) is 1.00. The minimum Gasteiger partial charge on any atom is -0.303 e. The molecule has 1 nitrogen and oxygen atoms in total. The van der Waals surface area contributed by atoms with Crippen LogP contribution in [0.15, 0.2) is 0 Å². The summed E-state index contributed by atoms with van der Waals surface area (Å²) < 4.78 is 0. The van der Waals surface area contributed by atoms with Crippen molar-refractivity contribution in [2.24, 2.45) is 17.8 Å². The summed E-state index contributed by atoms with van der Waals surface area (Å²) in [4.78, 5) is 2.58. The predicted molar refractivity (Wildman–Crippen MR) is 52.1 cm³/mol. The largest absolute Gasteiger partial charge is 0.303 e. The Morgan fingerprint density at radius 3 is 2.33 bits per heavy atom. The number of hydrogen-bond donors (Lipinski definition) is 0. The Balaban J connectivity index is 2.03. The quantitative estimate of drug-likeness (QED) is 0.610. The topological polar surface area (TPSA) is 3.24 Å². The van der Waals surface area contributed by atoms with Gasteiger partial charge in [0.1, 0.15) is 0 Å². The average Bonchev–Trinajstić information content (AvgIpc) is 2.75. The van der Waals surface area contributed by atoms with Gasteiger partial charge in [0, 0.05) is 6.04 Å². The zero-order valence-corrected chi connectivity index (χ0v) is 8.59. The van der Waals surface area contributed by atoms with Gasteiger partial charge in [0.25, 0.3) is 0 Å². The third-order valence-corrected chi connectivity index (χ3v) is 3.67. The van der Waals surface area contributed by atoms with Gasteiger partial charge in [0.05, 0.1) is 0 Å². The highest BCUT2D eigenvalue weighted by molar-refractivity contribution is 4.95. The summed E-state index contributed by atoms with van der Waals surface area (Å²) in [5.74, 6) is 2.99. The van der Waals surface area contributed by atoms with E-state index in [0.717, 1.165) is 23.8 Å². The molecule has 0 N–H and O–H groups in total. The maximum Gasteiger partial charge on any atom is 0.0147 e. The molecular weight excluding hydrogens is 146 g/mol. The van der Waals surface area contributed by atoms with Gasteiger partial charge in [-0.3, -0.25) is 0 Å². The minimum absolute atomic E-state index is 0.850. The van der Waals surface area contributed by atoms with Crippen LogP contribution in [0.4, 0.5) is 0 Å². The van der Waals surface area contributed by atoms with E-state index in [9.17, 15) is 0 Å². The van der Waals surface area contributed by atoms with Crippen LogP contribution in [0.5, 0.6) is 0 Å². The Bertz CT molecular complexity index is 160. The van der Waals surface area contributed by atoms with Gasteiger partial charge in [-0.25, -0.2) is 0 Å². The molecule has 1 saturated heterocycles. The van der Waals surface area contributed by atoms with Crippen LogP contribution < -0.4 is 0 Å². The molecule has 0 spiro atoms. The lowest BCUT2D eigenvalue weighted by Crippen LogP contribution is -2.34. The normalized spacial score (nSPS) is 38.0. The van der Waals surface area contributed by atoms with Crippen LogP contribution in [0.3, 0.4) is 0 Å². The van der Waals surface area contributed by atoms with E-state index in [-0.39, 0.29) is 0 Å². The Morgan fingerprint density at radius 2 is 1.83 bits per heavy atom. The van der Waals surface area contributed by atoms with Crippen molar-refractivity contribution in [3.05, 3.63) is 0 Å². The number of nitrogens with zero attached hydrogens (tertiary/aromatic N) is 1. The second kappa shape index (κ2) is 3.02. The zero-order chi connectivity index (χ0) is 8.72. The molecule has 2 aliphatic rings. The molecule has 0 aromatic rings. The van der Waals surface area contributed by atoms with E-state index in [1.807, 2.05) is 0 Å². The fourth-order valence-corrected chi connectivity index (χ4v) is 3.04. The summed E-state index contributed by atoms with van der Waals surface area (Å²) in [6, 6.07) is 0.887. The smallest absolute Gasteiger partial charge is 0.0147 e. The molecule has 1 aliphatic heterocycles. The summed E-state index contributed by atoms with van der Waals surface area (Å²) in [7, 11) is 2.30. The van der Waals surface area contributed by atoms with Crippen LogP contribution in [0.2, 0.25) is 0 Å². The molecule has 2 atom stereocenters. The van der Waals surface area contributed by atoms with Gasteiger partial charge < -0.3 is 4.90 Å². The Morgan fingerprint density at radius 1 is 1.17 bits per heavy atom. The van der Waals surface area contributed by atoms with Crippen molar-refractivity contribution in [1.29, 1.82) is 0 Å². The molecule has 2 rings (SSSR count). The standard InChI is InChI=1S/C11H21N/c1-8(2)11-10(9-4-5-9)6-7-12(11)3/h8-11H,4-7H2,1-3H3/t10?,11-/m1/s1. The summed E-state index contributed by atoms with van der Waals surface area (Å²) in [6.45, 7) is 6.09. The molecular formula is C11H21N. The lowest BCUT2D eigenvalue weighted by Gasteiger charge is -2.28. The van der Waals surface area contributed by atoms with Crippen LogP contribution in [0.25, 0.3) is 0 Å². The lowest BCUT2D eigenvalue weighted by molar-refractivity contribution is 0.198. The molecule has 1 unspecified atom stereocenters. The highest BCUT2D eigenvalue weighted by Gasteiger charge is 2.42. The van der Waals surface area contributed by atoms with E-state index in [2.05, 4.69) is 25.8 Å². The Hall–Kier alpha value is -0.0400. The summed E-state index contributed by atoms with van der Waals surface area (Å²) in [5.41, 5.74) is 0. The van der Waals surface area contributed by atoms with Gasteiger partial charge in [-0.2, -0.15) is 0 Å². The third kappa shape index (κ3) is 1.39. The SMILES string of the molecule is CC(C)[C@@H]1C(C2CC2)CCN1C. The second-order valence-corrected chi connectivity index (χ2v) is 5.01. The maximum absolute atomic E-state index is 2.58. The molecule has 0 bridgehead atoms. The van der Waals surface area contributed by atoms with Gasteiger partial charge in [0.2, 0.25) is 0 Å². The first-order valence-electron chi connectivity index (χ1n) is 5.40. The first-order valence-corrected chi connectivity index (χ1v) is 5.40. The first-order chi connectivity index (χ1) is 5.70. The van der Waals surface area contributed by atoms with Crippen LogP contribution in [0, 0.1) is 17.8 Å². The number of rotatable bonds is 2. The highest BCUT2D eigenvalue weighted by atomic mass is 15.2. The molecule has 0 aromatic carbocycles. The first kappa shape index (κ1) is 8.55. The average molecular weight is 167 g/mol. The zero-order valence-electron chi connectivity index (χ0n) is 8.59. The van der Waals surface area contributed by atoms with Crippen molar-refractivity contribution >= 4 is 0 Å². The molecule has 70 valence electrons. The van der Waals surface area contributed by atoms with E-state index in [0.29, 0.717) is 0 Å². The molecule has 1 aliphatic carbocycles. The molecule has 0 radical (unpaired) electrons. The maximum atomic E-state index is 2.58. The minimum atomic E-state index is 0.850. The van der Waals surface area contributed by atoms with E-state index < -0.39 is 0 Å². The number of likely N-dealkylation sites (tertiary alicyclic amines) is 1. The lowest BCUT2D eigenvalue weighted by atomic mass is 9.88. The Labute approximate surface area is 76.1 Å². The fourth-order valence-electron chi connectivity index (χ4n) is 3.04.